The van der Waals surface area contributed by atoms with Crippen molar-refractivity contribution in [1.29, 1.82) is 0 Å². The Kier molecular flexibility index (Phi) is 11.6. The van der Waals surface area contributed by atoms with E-state index in [9.17, 15) is 4.79 Å². The van der Waals surface area contributed by atoms with Crippen molar-refractivity contribution in [3.8, 4) is 11.4 Å². The molecule has 4 heteroatoms. The third-order valence-corrected chi connectivity index (χ3v) is 5.56. The lowest BCUT2D eigenvalue weighted by Gasteiger charge is -2.07. The first-order valence-electron chi connectivity index (χ1n) is 11.9. The summed E-state index contributed by atoms with van der Waals surface area (Å²) in [4.78, 5) is 20.9. The number of carbonyl (C=O) groups excluding carboxylic acids is 1. The summed E-state index contributed by atoms with van der Waals surface area (Å²) in [6, 6.07) is 7.89. The van der Waals surface area contributed by atoms with Crippen LogP contribution in [0.3, 0.4) is 0 Å². The highest BCUT2D eigenvalue weighted by Crippen LogP contribution is 2.17. The van der Waals surface area contributed by atoms with Crippen molar-refractivity contribution in [1.82, 2.24) is 9.97 Å². The summed E-state index contributed by atoms with van der Waals surface area (Å²) in [5.41, 5.74) is 3.12. The summed E-state index contributed by atoms with van der Waals surface area (Å²) in [7, 11) is 0. The topological polar surface area (TPSA) is 52.1 Å². The number of aryl methyl sites for hydroxylation is 1. The van der Waals surface area contributed by atoms with Gasteiger partial charge in [0.1, 0.15) is 0 Å². The minimum Gasteiger partial charge on any atom is -0.462 e. The SMILES string of the molecule is CCCCCCCCCc1cnc(-c2ccc(C=CC(=O)OCC(C)CC)cc2)nc1. The second-order valence-corrected chi connectivity index (χ2v) is 8.39. The number of esters is 1. The zero-order valence-electron chi connectivity index (χ0n) is 19.5. The Morgan fingerprint density at radius 1 is 0.968 bits per heavy atom. The van der Waals surface area contributed by atoms with Gasteiger partial charge in [-0.25, -0.2) is 14.8 Å². The van der Waals surface area contributed by atoms with Crippen LogP contribution in [0.1, 0.15) is 83.3 Å². The molecule has 0 saturated heterocycles. The van der Waals surface area contributed by atoms with Gasteiger partial charge in [-0.2, -0.15) is 0 Å². The van der Waals surface area contributed by atoms with E-state index in [1.54, 1.807) is 6.08 Å². The molecular weight excluding hydrogens is 384 g/mol. The molecule has 0 fully saturated rings. The summed E-state index contributed by atoms with van der Waals surface area (Å²) in [6.45, 7) is 6.87. The van der Waals surface area contributed by atoms with E-state index >= 15 is 0 Å². The van der Waals surface area contributed by atoms with Gasteiger partial charge in [0.2, 0.25) is 0 Å². The fourth-order valence-electron chi connectivity index (χ4n) is 3.22. The molecule has 1 heterocycles. The maximum absolute atomic E-state index is 11.8. The first-order valence-corrected chi connectivity index (χ1v) is 11.9. The molecule has 1 aromatic heterocycles. The van der Waals surface area contributed by atoms with E-state index in [0.29, 0.717) is 12.5 Å². The minimum atomic E-state index is -0.302. The fraction of sp³-hybridized carbons (Fsp3) is 0.519. The number of hydrogen-bond donors (Lipinski definition) is 0. The van der Waals surface area contributed by atoms with E-state index in [0.717, 1.165) is 29.8 Å². The molecular formula is C27H38N2O2. The molecule has 4 nitrogen and oxygen atoms in total. The highest BCUT2D eigenvalue weighted by atomic mass is 16.5. The number of carbonyl (C=O) groups is 1. The summed E-state index contributed by atoms with van der Waals surface area (Å²) in [6.07, 6.45) is 18.4. The monoisotopic (exact) mass is 422 g/mol. The summed E-state index contributed by atoms with van der Waals surface area (Å²) in [5.74, 6) is 0.814. The highest BCUT2D eigenvalue weighted by molar-refractivity contribution is 5.87. The van der Waals surface area contributed by atoms with E-state index < -0.39 is 0 Å². The van der Waals surface area contributed by atoms with Crippen molar-refractivity contribution in [3.63, 3.8) is 0 Å². The van der Waals surface area contributed by atoms with Crippen LogP contribution in [0.2, 0.25) is 0 Å². The van der Waals surface area contributed by atoms with Crippen LogP contribution < -0.4 is 0 Å². The molecule has 1 atom stereocenters. The van der Waals surface area contributed by atoms with Crippen molar-refractivity contribution in [2.24, 2.45) is 5.92 Å². The highest BCUT2D eigenvalue weighted by Gasteiger charge is 2.04. The molecule has 0 amide bonds. The summed E-state index contributed by atoms with van der Waals surface area (Å²) < 4.78 is 5.23. The Balaban J connectivity index is 1.78. The van der Waals surface area contributed by atoms with Gasteiger partial charge in [-0.1, -0.05) is 90.0 Å². The van der Waals surface area contributed by atoms with E-state index in [4.69, 9.17) is 4.74 Å². The molecule has 0 bridgehead atoms. The number of rotatable bonds is 14. The molecule has 0 radical (unpaired) electrons. The van der Waals surface area contributed by atoms with Gasteiger partial charge >= 0.3 is 5.97 Å². The lowest BCUT2D eigenvalue weighted by atomic mass is 10.1. The molecule has 0 aliphatic rings. The van der Waals surface area contributed by atoms with Crippen LogP contribution in [0.5, 0.6) is 0 Å². The van der Waals surface area contributed by atoms with Crippen LogP contribution in [0.15, 0.2) is 42.7 Å². The Labute approximate surface area is 188 Å². The van der Waals surface area contributed by atoms with Gasteiger partial charge in [0.25, 0.3) is 0 Å². The quantitative estimate of drug-likeness (QED) is 0.186. The largest absolute Gasteiger partial charge is 0.462 e. The average Bonchev–Trinajstić information content (AvgIpc) is 2.81. The fourth-order valence-corrected chi connectivity index (χ4v) is 3.22. The molecule has 168 valence electrons. The Morgan fingerprint density at radius 2 is 1.61 bits per heavy atom. The van der Waals surface area contributed by atoms with Crippen LogP contribution >= 0.6 is 0 Å². The maximum Gasteiger partial charge on any atom is 0.330 e. The third-order valence-electron chi connectivity index (χ3n) is 5.56. The standard InChI is InChI=1S/C27H38N2O2/c1-4-6-7-8-9-10-11-12-24-19-28-27(29-20-24)25-16-13-23(14-17-25)15-18-26(30)31-21-22(3)5-2/h13-20,22H,4-12,21H2,1-3H3. The van der Waals surface area contributed by atoms with Gasteiger partial charge in [0.05, 0.1) is 6.61 Å². The Bertz CT molecular complexity index is 782. The zero-order valence-corrected chi connectivity index (χ0v) is 19.5. The molecule has 2 rings (SSSR count). The molecule has 31 heavy (non-hydrogen) atoms. The Hall–Kier alpha value is -2.49. The number of unbranched alkanes of at least 4 members (excludes halogenated alkanes) is 6. The normalized spacial score (nSPS) is 12.2. The molecule has 2 aromatic rings. The first kappa shape index (κ1) is 24.8. The van der Waals surface area contributed by atoms with Gasteiger partial charge in [-0.15, -0.1) is 0 Å². The van der Waals surface area contributed by atoms with E-state index in [1.165, 1.54) is 56.6 Å². The molecule has 0 aliphatic heterocycles. The molecule has 1 unspecified atom stereocenters. The van der Waals surface area contributed by atoms with E-state index in [1.807, 2.05) is 36.7 Å². The van der Waals surface area contributed by atoms with Gasteiger partial charge in [-0.3, -0.25) is 0 Å². The lowest BCUT2D eigenvalue weighted by Crippen LogP contribution is -2.08. The average molecular weight is 423 g/mol. The minimum absolute atomic E-state index is 0.302. The smallest absolute Gasteiger partial charge is 0.330 e. The summed E-state index contributed by atoms with van der Waals surface area (Å²) >= 11 is 0. The van der Waals surface area contributed by atoms with Gasteiger partial charge < -0.3 is 4.74 Å². The number of ether oxygens (including phenoxy) is 1. The molecule has 0 N–H and O–H groups in total. The number of hydrogen-bond acceptors (Lipinski definition) is 4. The molecule has 0 aliphatic carbocycles. The van der Waals surface area contributed by atoms with Gasteiger partial charge in [0, 0.05) is 24.0 Å². The van der Waals surface area contributed by atoms with Crippen molar-refractivity contribution in [2.75, 3.05) is 6.61 Å². The lowest BCUT2D eigenvalue weighted by molar-refractivity contribution is -0.138. The number of aromatic nitrogens is 2. The van der Waals surface area contributed by atoms with E-state index in [-0.39, 0.29) is 5.97 Å². The zero-order chi connectivity index (χ0) is 22.3. The number of nitrogens with zero attached hydrogens (tertiary/aromatic N) is 2. The first-order chi connectivity index (χ1) is 15.1. The maximum atomic E-state index is 11.8. The summed E-state index contributed by atoms with van der Waals surface area (Å²) in [5, 5.41) is 0. The van der Waals surface area contributed by atoms with Gasteiger partial charge in [-0.05, 0) is 36.0 Å². The van der Waals surface area contributed by atoms with Crippen molar-refractivity contribution in [2.45, 2.75) is 78.6 Å². The van der Waals surface area contributed by atoms with Crippen LogP contribution in [0.4, 0.5) is 0 Å². The molecule has 0 saturated carbocycles. The van der Waals surface area contributed by atoms with Crippen molar-refractivity contribution < 1.29 is 9.53 Å². The van der Waals surface area contributed by atoms with Crippen molar-refractivity contribution in [3.05, 3.63) is 53.9 Å². The number of benzene rings is 1. The van der Waals surface area contributed by atoms with Crippen LogP contribution in [0, 0.1) is 5.92 Å². The van der Waals surface area contributed by atoms with Crippen LogP contribution in [-0.4, -0.2) is 22.5 Å². The predicted molar refractivity (Wildman–Crippen MR) is 129 cm³/mol. The Morgan fingerprint density at radius 3 is 2.26 bits per heavy atom. The third kappa shape index (κ3) is 9.91. The van der Waals surface area contributed by atoms with Crippen molar-refractivity contribution >= 4 is 12.0 Å². The van der Waals surface area contributed by atoms with Crippen LogP contribution in [-0.2, 0) is 16.0 Å². The van der Waals surface area contributed by atoms with E-state index in [2.05, 4.69) is 30.7 Å². The molecule has 0 spiro atoms. The second kappa shape index (κ2) is 14.5. The van der Waals surface area contributed by atoms with Crippen LogP contribution in [0.25, 0.3) is 17.5 Å². The van der Waals surface area contributed by atoms with Gasteiger partial charge in [0.15, 0.2) is 5.82 Å². The second-order valence-electron chi connectivity index (χ2n) is 8.39. The molecule has 1 aromatic carbocycles. The predicted octanol–water partition coefficient (Wildman–Crippen LogP) is 7.04.